The molecule has 0 aromatic heterocycles. The van der Waals surface area contributed by atoms with Crippen molar-refractivity contribution in [2.24, 2.45) is 5.92 Å². The number of hydrogen-bond donors (Lipinski definition) is 1. The van der Waals surface area contributed by atoms with Crippen molar-refractivity contribution in [2.45, 2.75) is 96.7 Å². The minimum atomic E-state index is 0.735. The molecule has 2 fully saturated rings. The van der Waals surface area contributed by atoms with Gasteiger partial charge >= 0.3 is 0 Å². The van der Waals surface area contributed by atoms with Crippen LogP contribution in [0.5, 0.6) is 0 Å². The highest BCUT2D eigenvalue weighted by Gasteiger charge is 2.35. The minimum absolute atomic E-state index is 0.735. The first-order valence-corrected chi connectivity index (χ1v) is 9.25. The maximum atomic E-state index is 3.85. The fraction of sp³-hybridized carbons (Fsp3) is 1.00. The highest BCUT2D eigenvalue weighted by molar-refractivity contribution is 4.92. The van der Waals surface area contributed by atoms with Crippen LogP contribution < -0.4 is 5.32 Å². The van der Waals surface area contributed by atoms with E-state index in [0.29, 0.717) is 0 Å². The van der Waals surface area contributed by atoms with Gasteiger partial charge in [0.05, 0.1) is 0 Å². The highest BCUT2D eigenvalue weighted by atomic mass is 15.3. The first kappa shape index (κ1) is 16.3. The standard InChI is InChI=1S/C18H36N2/c1-4-9-15(3)20-14-17(10-5-2)19-13-18(20)16-11-7-6-8-12-16/h15-19H,4-14H2,1-3H3. The van der Waals surface area contributed by atoms with Crippen molar-refractivity contribution in [3.8, 4) is 0 Å². The molecular weight excluding hydrogens is 244 g/mol. The van der Waals surface area contributed by atoms with Crippen LogP contribution in [0.15, 0.2) is 0 Å². The largest absolute Gasteiger partial charge is 0.311 e. The molecule has 1 N–H and O–H groups in total. The van der Waals surface area contributed by atoms with Crippen molar-refractivity contribution in [2.75, 3.05) is 13.1 Å². The van der Waals surface area contributed by atoms with Crippen molar-refractivity contribution in [3.63, 3.8) is 0 Å². The molecule has 3 atom stereocenters. The van der Waals surface area contributed by atoms with Gasteiger partial charge in [0, 0.05) is 31.2 Å². The molecule has 1 saturated carbocycles. The van der Waals surface area contributed by atoms with E-state index in [1.54, 1.807) is 0 Å². The van der Waals surface area contributed by atoms with E-state index < -0.39 is 0 Å². The fourth-order valence-corrected chi connectivity index (χ4v) is 4.45. The van der Waals surface area contributed by atoms with Gasteiger partial charge in [0.1, 0.15) is 0 Å². The van der Waals surface area contributed by atoms with Crippen LogP contribution in [0.2, 0.25) is 0 Å². The molecule has 1 aliphatic carbocycles. The lowest BCUT2D eigenvalue weighted by molar-refractivity contribution is 0.0362. The van der Waals surface area contributed by atoms with Gasteiger partial charge in [0.15, 0.2) is 0 Å². The minimum Gasteiger partial charge on any atom is -0.311 e. The predicted octanol–water partition coefficient (Wildman–Crippen LogP) is 4.20. The first-order valence-electron chi connectivity index (χ1n) is 9.25. The van der Waals surface area contributed by atoms with Crippen LogP contribution in [0.25, 0.3) is 0 Å². The third-order valence-electron chi connectivity index (χ3n) is 5.58. The number of rotatable bonds is 6. The van der Waals surface area contributed by atoms with Crippen LogP contribution >= 0.6 is 0 Å². The molecule has 1 saturated heterocycles. The van der Waals surface area contributed by atoms with E-state index in [4.69, 9.17) is 0 Å². The van der Waals surface area contributed by atoms with Crippen LogP contribution in [-0.2, 0) is 0 Å². The van der Waals surface area contributed by atoms with E-state index in [2.05, 4.69) is 31.0 Å². The van der Waals surface area contributed by atoms with E-state index in [0.717, 1.165) is 24.0 Å². The van der Waals surface area contributed by atoms with Crippen LogP contribution in [-0.4, -0.2) is 36.1 Å². The Kier molecular flexibility index (Phi) is 6.83. The predicted molar refractivity (Wildman–Crippen MR) is 88.1 cm³/mol. The second kappa shape index (κ2) is 8.38. The van der Waals surface area contributed by atoms with Crippen LogP contribution in [0.4, 0.5) is 0 Å². The lowest BCUT2D eigenvalue weighted by atomic mass is 9.81. The molecule has 0 spiro atoms. The van der Waals surface area contributed by atoms with Gasteiger partial charge in [-0.1, -0.05) is 46.0 Å². The van der Waals surface area contributed by atoms with Crippen LogP contribution in [0.3, 0.4) is 0 Å². The smallest absolute Gasteiger partial charge is 0.0252 e. The molecule has 0 amide bonds. The molecule has 0 bridgehead atoms. The summed E-state index contributed by atoms with van der Waals surface area (Å²) in [6.07, 6.45) is 12.7. The van der Waals surface area contributed by atoms with Gasteiger partial charge in [-0.3, -0.25) is 4.90 Å². The zero-order valence-electron chi connectivity index (χ0n) is 14.0. The molecular formula is C18H36N2. The average molecular weight is 280 g/mol. The SMILES string of the molecule is CCCC1CN(C(C)CCC)C(C2CCCCC2)CN1. The number of nitrogens with zero attached hydrogens (tertiary/aromatic N) is 1. The van der Waals surface area contributed by atoms with E-state index in [9.17, 15) is 0 Å². The van der Waals surface area contributed by atoms with Gasteiger partial charge in [-0.25, -0.2) is 0 Å². The topological polar surface area (TPSA) is 15.3 Å². The molecule has 1 aliphatic heterocycles. The average Bonchev–Trinajstić information content (AvgIpc) is 2.49. The van der Waals surface area contributed by atoms with Crippen molar-refractivity contribution in [1.82, 2.24) is 10.2 Å². The summed E-state index contributed by atoms with van der Waals surface area (Å²) < 4.78 is 0. The maximum Gasteiger partial charge on any atom is 0.0252 e. The molecule has 2 nitrogen and oxygen atoms in total. The number of hydrogen-bond acceptors (Lipinski definition) is 2. The van der Waals surface area contributed by atoms with E-state index >= 15 is 0 Å². The Labute approximate surface area is 126 Å². The number of nitrogens with one attached hydrogen (secondary N) is 1. The monoisotopic (exact) mass is 280 g/mol. The van der Waals surface area contributed by atoms with Gasteiger partial charge < -0.3 is 5.32 Å². The Balaban J connectivity index is 1.99. The normalized spacial score (nSPS) is 31.4. The number of piperazine rings is 1. The molecule has 2 rings (SSSR count). The summed E-state index contributed by atoms with van der Waals surface area (Å²) in [4.78, 5) is 2.89. The van der Waals surface area contributed by atoms with Crippen molar-refractivity contribution in [1.29, 1.82) is 0 Å². The molecule has 2 heteroatoms. The van der Waals surface area contributed by atoms with E-state index in [1.807, 2.05) is 0 Å². The van der Waals surface area contributed by atoms with Gasteiger partial charge in [-0.05, 0) is 38.5 Å². The Morgan fingerprint density at radius 3 is 2.50 bits per heavy atom. The summed E-state index contributed by atoms with van der Waals surface area (Å²) in [6, 6.07) is 2.32. The molecule has 0 radical (unpaired) electrons. The van der Waals surface area contributed by atoms with Gasteiger partial charge in [-0.2, -0.15) is 0 Å². The quantitative estimate of drug-likeness (QED) is 0.784. The Bertz CT molecular complexity index is 260. The molecule has 2 aliphatic rings. The summed E-state index contributed by atoms with van der Waals surface area (Å²) in [5, 5.41) is 3.85. The van der Waals surface area contributed by atoms with Crippen molar-refractivity contribution < 1.29 is 0 Å². The Morgan fingerprint density at radius 1 is 1.10 bits per heavy atom. The summed E-state index contributed by atoms with van der Waals surface area (Å²) in [5.74, 6) is 0.957. The zero-order valence-corrected chi connectivity index (χ0v) is 14.0. The lowest BCUT2D eigenvalue weighted by Gasteiger charge is -2.48. The maximum absolute atomic E-state index is 3.85. The molecule has 1 heterocycles. The molecule has 0 aromatic carbocycles. The fourth-order valence-electron chi connectivity index (χ4n) is 4.45. The molecule has 20 heavy (non-hydrogen) atoms. The zero-order chi connectivity index (χ0) is 14.4. The van der Waals surface area contributed by atoms with Crippen LogP contribution in [0.1, 0.15) is 78.6 Å². The third kappa shape index (κ3) is 4.21. The van der Waals surface area contributed by atoms with Crippen molar-refractivity contribution in [3.05, 3.63) is 0 Å². The molecule has 0 aromatic rings. The Hall–Kier alpha value is -0.0800. The van der Waals surface area contributed by atoms with Gasteiger partial charge in [-0.15, -0.1) is 0 Å². The van der Waals surface area contributed by atoms with Crippen LogP contribution in [0, 0.1) is 5.92 Å². The summed E-state index contributed by atoms with van der Waals surface area (Å²) >= 11 is 0. The second-order valence-corrected chi connectivity index (χ2v) is 7.19. The van der Waals surface area contributed by atoms with E-state index in [-0.39, 0.29) is 0 Å². The lowest BCUT2D eigenvalue weighted by Crippen LogP contribution is -2.61. The first-order chi connectivity index (χ1) is 9.76. The molecule has 118 valence electrons. The summed E-state index contributed by atoms with van der Waals surface area (Å²) in [6.45, 7) is 9.64. The highest BCUT2D eigenvalue weighted by Crippen LogP contribution is 2.32. The van der Waals surface area contributed by atoms with Crippen molar-refractivity contribution >= 4 is 0 Å². The van der Waals surface area contributed by atoms with E-state index in [1.165, 1.54) is 70.9 Å². The summed E-state index contributed by atoms with van der Waals surface area (Å²) in [7, 11) is 0. The van der Waals surface area contributed by atoms with Gasteiger partial charge in [0.2, 0.25) is 0 Å². The molecule has 3 unspecified atom stereocenters. The van der Waals surface area contributed by atoms with Gasteiger partial charge in [0.25, 0.3) is 0 Å². The summed E-state index contributed by atoms with van der Waals surface area (Å²) in [5.41, 5.74) is 0. The Morgan fingerprint density at radius 2 is 1.85 bits per heavy atom. The second-order valence-electron chi connectivity index (χ2n) is 7.19. The third-order valence-corrected chi connectivity index (χ3v) is 5.58.